The molecule has 1 amide bonds. The van der Waals surface area contributed by atoms with Crippen molar-refractivity contribution in [1.29, 1.82) is 0 Å². The number of carbonyl (C=O) groups is 1. The average molecular weight is 193 g/mol. The summed E-state index contributed by atoms with van der Waals surface area (Å²) >= 11 is 0. The molecule has 0 saturated heterocycles. The van der Waals surface area contributed by atoms with Crippen LogP contribution in [0.15, 0.2) is 12.5 Å². The summed E-state index contributed by atoms with van der Waals surface area (Å²) in [7, 11) is 1.68. The van der Waals surface area contributed by atoms with Crippen LogP contribution in [-0.4, -0.2) is 36.1 Å². The first-order valence-corrected chi connectivity index (χ1v) is 3.79. The Morgan fingerprint density at radius 1 is 1.64 bits per heavy atom. The lowest BCUT2D eigenvalue weighted by atomic mass is 10.4. The van der Waals surface area contributed by atoms with Crippen molar-refractivity contribution in [3.63, 3.8) is 0 Å². The van der Waals surface area contributed by atoms with Gasteiger partial charge in [-0.25, -0.2) is 5.10 Å². The van der Waals surface area contributed by atoms with Crippen molar-refractivity contribution in [3.8, 4) is 0 Å². The maximum Gasteiger partial charge on any atom is 0.280 e. The van der Waals surface area contributed by atoms with Gasteiger partial charge in [-0.05, 0) is 0 Å². The van der Waals surface area contributed by atoms with Crippen LogP contribution in [0, 0.1) is 0 Å². The maximum absolute atomic E-state index is 11.4. The van der Waals surface area contributed by atoms with Gasteiger partial charge in [-0.2, -0.15) is 10.1 Å². The molecule has 2 rings (SSSR count). The van der Waals surface area contributed by atoms with Gasteiger partial charge in [0.1, 0.15) is 6.33 Å². The van der Waals surface area contributed by atoms with E-state index in [1.165, 1.54) is 17.2 Å². The molecule has 0 saturated carbocycles. The molecule has 0 aliphatic rings. The summed E-state index contributed by atoms with van der Waals surface area (Å²) in [5, 5.41) is 15.8. The van der Waals surface area contributed by atoms with Crippen LogP contribution in [0.5, 0.6) is 0 Å². The molecule has 2 N–H and O–H groups in total. The number of hydrogen-bond donors (Lipinski definition) is 2. The molecule has 0 spiro atoms. The van der Waals surface area contributed by atoms with Crippen LogP contribution < -0.4 is 5.32 Å². The molecule has 0 aliphatic heterocycles. The summed E-state index contributed by atoms with van der Waals surface area (Å²) in [6.45, 7) is 0. The molecule has 8 nitrogen and oxygen atoms in total. The lowest BCUT2D eigenvalue weighted by Crippen LogP contribution is -2.13. The highest BCUT2D eigenvalue weighted by Gasteiger charge is 2.10. The zero-order valence-electron chi connectivity index (χ0n) is 7.30. The second-order valence-electron chi connectivity index (χ2n) is 2.57. The Balaban J connectivity index is 2.10. The van der Waals surface area contributed by atoms with E-state index in [-0.39, 0.29) is 17.5 Å². The van der Waals surface area contributed by atoms with E-state index in [2.05, 4.69) is 30.8 Å². The fourth-order valence-electron chi connectivity index (χ4n) is 0.889. The monoisotopic (exact) mass is 193 g/mol. The number of aromatic nitrogens is 6. The molecule has 0 bridgehead atoms. The van der Waals surface area contributed by atoms with Gasteiger partial charge in [0.25, 0.3) is 5.91 Å². The van der Waals surface area contributed by atoms with Gasteiger partial charge in [0.05, 0.1) is 6.20 Å². The Bertz CT molecular complexity index is 431. The minimum Gasteiger partial charge on any atom is -0.289 e. The van der Waals surface area contributed by atoms with Crippen molar-refractivity contribution >= 4 is 11.9 Å². The minimum atomic E-state index is -0.380. The quantitative estimate of drug-likeness (QED) is 0.649. The molecule has 0 aromatic carbocycles. The number of anilines is 1. The molecule has 2 heterocycles. The number of nitrogens with zero attached hydrogens (tertiary/aromatic N) is 5. The molecule has 0 radical (unpaired) electrons. The van der Waals surface area contributed by atoms with E-state index >= 15 is 0 Å². The summed E-state index contributed by atoms with van der Waals surface area (Å²) in [6.07, 6.45) is 2.80. The molecule has 72 valence electrons. The number of carbonyl (C=O) groups excluding carboxylic acids is 1. The molecule has 0 unspecified atom stereocenters. The van der Waals surface area contributed by atoms with Crippen molar-refractivity contribution in [3.05, 3.63) is 18.2 Å². The largest absolute Gasteiger partial charge is 0.289 e. The molecule has 0 fully saturated rings. The van der Waals surface area contributed by atoms with Crippen LogP contribution in [0.2, 0.25) is 0 Å². The number of amides is 1. The standard InChI is InChI=1S/C6H7N7O/c1-13-2-4(10-12-13)5(14)9-6-7-3-8-11-6/h2-3H,1H3,(H2,7,8,9,11,14). The predicted octanol–water partition coefficient (Wildman–Crippen LogP) is -0.815. The van der Waals surface area contributed by atoms with E-state index in [4.69, 9.17) is 0 Å². The fourth-order valence-corrected chi connectivity index (χ4v) is 0.889. The van der Waals surface area contributed by atoms with Crippen LogP contribution in [-0.2, 0) is 7.05 Å². The summed E-state index contributed by atoms with van der Waals surface area (Å²) in [4.78, 5) is 15.1. The predicted molar refractivity (Wildman–Crippen MR) is 45.3 cm³/mol. The number of nitrogens with one attached hydrogen (secondary N) is 2. The SMILES string of the molecule is Cn1cc(C(=O)Nc2ncn[nH]2)nn1. The molecule has 0 aliphatic carbocycles. The molecular formula is C6H7N7O. The van der Waals surface area contributed by atoms with E-state index in [1.807, 2.05) is 0 Å². The second kappa shape index (κ2) is 3.24. The van der Waals surface area contributed by atoms with Crippen molar-refractivity contribution < 1.29 is 4.79 Å². The summed E-state index contributed by atoms with van der Waals surface area (Å²) in [6, 6.07) is 0. The maximum atomic E-state index is 11.4. The third kappa shape index (κ3) is 1.58. The van der Waals surface area contributed by atoms with Crippen molar-refractivity contribution in [1.82, 2.24) is 30.2 Å². The minimum absolute atomic E-state index is 0.226. The van der Waals surface area contributed by atoms with E-state index < -0.39 is 0 Å². The van der Waals surface area contributed by atoms with Gasteiger partial charge >= 0.3 is 0 Å². The van der Waals surface area contributed by atoms with Crippen molar-refractivity contribution in [2.24, 2.45) is 7.05 Å². The van der Waals surface area contributed by atoms with E-state index in [0.717, 1.165) is 0 Å². The average Bonchev–Trinajstić information content (AvgIpc) is 2.75. The number of aromatic amines is 1. The highest BCUT2D eigenvalue weighted by Crippen LogP contribution is 1.98. The summed E-state index contributed by atoms with van der Waals surface area (Å²) in [5.74, 6) is -0.101. The van der Waals surface area contributed by atoms with Crippen LogP contribution in [0.4, 0.5) is 5.95 Å². The lowest BCUT2D eigenvalue weighted by molar-refractivity contribution is 0.102. The highest BCUT2D eigenvalue weighted by atomic mass is 16.2. The third-order valence-corrected chi connectivity index (χ3v) is 1.48. The van der Waals surface area contributed by atoms with Crippen LogP contribution in [0.25, 0.3) is 0 Å². The van der Waals surface area contributed by atoms with Gasteiger partial charge in [0.2, 0.25) is 5.95 Å². The zero-order chi connectivity index (χ0) is 9.97. The van der Waals surface area contributed by atoms with Crippen LogP contribution in [0.1, 0.15) is 10.5 Å². The molecule has 2 aromatic heterocycles. The molecule has 8 heteroatoms. The first-order chi connectivity index (χ1) is 6.75. The van der Waals surface area contributed by atoms with E-state index in [0.29, 0.717) is 0 Å². The van der Waals surface area contributed by atoms with Gasteiger partial charge < -0.3 is 0 Å². The summed E-state index contributed by atoms with van der Waals surface area (Å²) in [5.41, 5.74) is 0.226. The molecular weight excluding hydrogens is 186 g/mol. The van der Waals surface area contributed by atoms with Crippen molar-refractivity contribution in [2.75, 3.05) is 5.32 Å². The number of rotatable bonds is 2. The van der Waals surface area contributed by atoms with E-state index in [1.54, 1.807) is 7.05 Å². The van der Waals surface area contributed by atoms with Gasteiger partial charge in [-0.15, -0.1) is 5.10 Å². The summed E-state index contributed by atoms with van der Waals surface area (Å²) < 4.78 is 1.44. The Labute approximate surface area is 78.3 Å². The topological polar surface area (TPSA) is 101 Å². The second-order valence-corrected chi connectivity index (χ2v) is 2.57. The zero-order valence-corrected chi connectivity index (χ0v) is 7.30. The first kappa shape index (κ1) is 8.35. The normalized spacial score (nSPS) is 10.1. The highest BCUT2D eigenvalue weighted by molar-refractivity contribution is 6.01. The van der Waals surface area contributed by atoms with Crippen LogP contribution >= 0.6 is 0 Å². The molecule has 14 heavy (non-hydrogen) atoms. The number of hydrogen-bond acceptors (Lipinski definition) is 5. The van der Waals surface area contributed by atoms with Crippen molar-refractivity contribution in [2.45, 2.75) is 0 Å². The molecule has 2 aromatic rings. The van der Waals surface area contributed by atoms with Gasteiger partial charge in [-0.3, -0.25) is 14.8 Å². The fraction of sp³-hybridized carbons (Fsp3) is 0.167. The lowest BCUT2D eigenvalue weighted by Gasteiger charge is -1.95. The Morgan fingerprint density at radius 2 is 2.50 bits per heavy atom. The smallest absolute Gasteiger partial charge is 0.280 e. The molecule has 0 atom stereocenters. The Hall–Kier alpha value is -2.25. The first-order valence-electron chi connectivity index (χ1n) is 3.79. The van der Waals surface area contributed by atoms with Crippen LogP contribution in [0.3, 0.4) is 0 Å². The number of H-pyrrole nitrogens is 1. The van der Waals surface area contributed by atoms with E-state index in [9.17, 15) is 4.79 Å². The Kier molecular flexibility index (Phi) is 1.94. The number of aryl methyl sites for hydroxylation is 1. The van der Waals surface area contributed by atoms with Gasteiger partial charge in [-0.1, -0.05) is 5.21 Å². The van der Waals surface area contributed by atoms with Gasteiger partial charge in [0.15, 0.2) is 5.69 Å². The van der Waals surface area contributed by atoms with Gasteiger partial charge in [0, 0.05) is 7.05 Å². The third-order valence-electron chi connectivity index (χ3n) is 1.48. The Morgan fingerprint density at radius 3 is 3.07 bits per heavy atom.